The van der Waals surface area contributed by atoms with Crippen molar-refractivity contribution in [2.24, 2.45) is 0 Å². The Bertz CT molecular complexity index is 746. The van der Waals surface area contributed by atoms with E-state index in [-0.39, 0.29) is 11.3 Å². The number of hydrogen-bond acceptors (Lipinski definition) is 4. The highest BCUT2D eigenvalue weighted by molar-refractivity contribution is 6.05. The lowest BCUT2D eigenvalue weighted by molar-refractivity contribution is -0.384. The second-order valence-electron chi connectivity index (χ2n) is 4.40. The lowest BCUT2D eigenvalue weighted by atomic mass is 10.1. The fourth-order valence-electron chi connectivity index (χ4n) is 1.79. The summed E-state index contributed by atoms with van der Waals surface area (Å²) in [4.78, 5) is 22.4. The zero-order valence-corrected chi connectivity index (χ0v) is 11.2. The van der Waals surface area contributed by atoms with Crippen molar-refractivity contribution in [3.8, 4) is 6.07 Å². The molecule has 0 aliphatic heterocycles. The second kappa shape index (κ2) is 5.84. The van der Waals surface area contributed by atoms with Gasteiger partial charge in [0.05, 0.1) is 16.6 Å². The molecule has 6 nitrogen and oxygen atoms in total. The van der Waals surface area contributed by atoms with Crippen LogP contribution in [0.1, 0.15) is 21.5 Å². The van der Waals surface area contributed by atoms with Gasteiger partial charge in [0, 0.05) is 23.4 Å². The number of carbonyl (C=O) groups excluding carboxylic acids is 1. The number of nitriles is 1. The summed E-state index contributed by atoms with van der Waals surface area (Å²) in [5.41, 5.74) is 1.76. The number of rotatable bonds is 3. The van der Waals surface area contributed by atoms with Crippen LogP contribution in [-0.2, 0) is 0 Å². The minimum atomic E-state index is -0.544. The quantitative estimate of drug-likeness (QED) is 0.690. The summed E-state index contributed by atoms with van der Waals surface area (Å²) in [5.74, 6) is -0.430. The van der Waals surface area contributed by atoms with Gasteiger partial charge in [0.25, 0.3) is 11.6 Å². The summed E-state index contributed by atoms with van der Waals surface area (Å²) in [6.45, 7) is 1.71. The Labute approximate surface area is 120 Å². The van der Waals surface area contributed by atoms with Crippen molar-refractivity contribution in [1.29, 1.82) is 5.26 Å². The Morgan fingerprint density at radius 1 is 1.24 bits per heavy atom. The first-order valence-corrected chi connectivity index (χ1v) is 6.08. The second-order valence-corrected chi connectivity index (χ2v) is 4.40. The zero-order chi connectivity index (χ0) is 15.4. The first kappa shape index (κ1) is 14.2. The molecule has 0 fully saturated rings. The monoisotopic (exact) mass is 281 g/mol. The molecule has 104 valence electrons. The van der Waals surface area contributed by atoms with Crippen LogP contribution in [0.3, 0.4) is 0 Å². The minimum Gasteiger partial charge on any atom is -0.322 e. The number of nitro benzene ring substituents is 1. The highest BCUT2D eigenvalue weighted by Crippen LogP contribution is 2.19. The van der Waals surface area contributed by atoms with Gasteiger partial charge in [-0.2, -0.15) is 5.26 Å². The highest BCUT2D eigenvalue weighted by Gasteiger charge is 2.14. The maximum Gasteiger partial charge on any atom is 0.270 e. The average Bonchev–Trinajstić information content (AvgIpc) is 2.48. The molecule has 1 N–H and O–H groups in total. The molecule has 0 bridgehead atoms. The van der Waals surface area contributed by atoms with E-state index in [2.05, 4.69) is 5.32 Å². The molecule has 0 atom stereocenters. The molecule has 0 radical (unpaired) electrons. The number of hydrogen-bond donors (Lipinski definition) is 1. The Balaban J connectivity index is 2.25. The largest absolute Gasteiger partial charge is 0.322 e. The first-order chi connectivity index (χ1) is 10.0. The Kier molecular flexibility index (Phi) is 3.95. The maximum atomic E-state index is 12.2. The van der Waals surface area contributed by atoms with Crippen LogP contribution in [0, 0.1) is 28.4 Å². The van der Waals surface area contributed by atoms with E-state index in [9.17, 15) is 14.9 Å². The van der Waals surface area contributed by atoms with Crippen molar-refractivity contribution in [2.45, 2.75) is 6.92 Å². The molecular weight excluding hydrogens is 270 g/mol. The molecular formula is C15H11N3O3. The van der Waals surface area contributed by atoms with E-state index in [0.717, 1.165) is 0 Å². The summed E-state index contributed by atoms with van der Waals surface area (Å²) in [6, 6.07) is 12.5. The Morgan fingerprint density at radius 2 is 1.90 bits per heavy atom. The van der Waals surface area contributed by atoms with Gasteiger partial charge in [-0.1, -0.05) is 6.07 Å². The first-order valence-electron chi connectivity index (χ1n) is 6.08. The molecule has 21 heavy (non-hydrogen) atoms. The number of aryl methyl sites for hydroxylation is 1. The van der Waals surface area contributed by atoms with E-state index in [1.165, 1.54) is 18.2 Å². The third-order valence-electron chi connectivity index (χ3n) is 2.95. The van der Waals surface area contributed by atoms with Crippen LogP contribution in [-0.4, -0.2) is 10.8 Å². The third kappa shape index (κ3) is 3.22. The molecule has 2 aromatic rings. The fourth-order valence-corrected chi connectivity index (χ4v) is 1.79. The zero-order valence-electron chi connectivity index (χ0n) is 11.2. The van der Waals surface area contributed by atoms with Gasteiger partial charge in [0.2, 0.25) is 0 Å². The lowest BCUT2D eigenvalue weighted by Crippen LogP contribution is -2.13. The predicted molar refractivity (Wildman–Crippen MR) is 76.9 cm³/mol. The van der Waals surface area contributed by atoms with Crippen molar-refractivity contribution < 1.29 is 9.72 Å². The van der Waals surface area contributed by atoms with Gasteiger partial charge in [0.15, 0.2) is 0 Å². The van der Waals surface area contributed by atoms with E-state index in [4.69, 9.17) is 5.26 Å². The number of anilines is 1. The van der Waals surface area contributed by atoms with Crippen LogP contribution in [0.25, 0.3) is 0 Å². The van der Waals surface area contributed by atoms with Gasteiger partial charge in [0.1, 0.15) is 0 Å². The van der Waals surface area contributed by atoms with Gasteiger partial charge in [-0.25, -0.2) is 0 Å². The normalized spacial score (nSPS) is 9.71. The molecule has 0 unspecified atom stereocenters. The molecule has 1 amide bonds. The van der Waals surface area contributed by atoms with Gasteiger partial charge in [-0.3, -0.25) is 14.9 Å². The van der Waals surface area contributed by atoms with Gasteiger partial charge >= 0.3 is 0 Å². The molecule has 0 heterocycles. The summed E-state index contributed by atoms with van der Waals surface area (Å²) in [7, 11) is 0. The van der Waals surface area contributed by atoms with E-state index >= 15 is 0 Å². The minimum absolute atomic E-state index is 0.134. The summed E-state index contributed by atoms with van der Waals surface area (Å²) < 4.78 is 0. The van der Waals surface area contributed by atoms with E-state index in [1.807, 2.05) is 6.07 Å². The molecule has 0 aromatic heterocycles. The van der Waals surface area contributed by atoms with E-state index in [1.54, 1.807) is 31.2 Å². The molecule has 0 aliphatic rings. The van der Waals surface area contributed by atoms with Crippen molar-refractivity contribution in [1.82, 2.24) is 0 Å². The van der Waals surface area contributed by atoms with Crippen LogP contribution in [0.15, 0.2) is 42.5 Å². The summed E-state index contributed by atoms with van der Waals surface area (Å²) in [6.07, 6.45) is 0. The number of nitrogens with zero attached hydrogens (tertiary/aromatic N) is 2. The molecule has 2 aromatic carbocycles. The number of benzene rings is 2. The number of carbonyl (C=O) groups is 1. The molecule has 2 rings (SSSR count). The Hall–Kier alpha value is -3.20. The van der Waals surface area contributed by atoms with Gasteiger partial charge < -0.3 is 5.32 Å². The van der Waals surface area contributed by atoms with Crippen molar-refractivity contribution in [3.05, 3.63) is 69.3 Å². The molecule has 0 saturated heterocycles. The van der Waals surface area contributed by atoms with Crippen LogP contribution in [0.2, 0.25) is 0 Å². The maximum absolute atomic E-state index is 12.2. The molecule has 0 saturated carbocycles. The molecule has 0 aliphatic carbocycles. The highest BCUT2D eigenvalue weighted by atomic mass is 16.6. The third-order valence-corrected chi connectivity index (χ3v) is 2.95. The number of nitro groups is 1. The SMILES string of the molecule is Cc1ccc([N+](=O)[O-])cc1C(=O)Nc1ccc(C#N)cc1. The predicted octanol–water partition coefficient (Wildman–Crippen LogP) is 3.03. The smallest absolute Gasteiger partial charge is 0.270 e. The molecule has 6 heteroatoms. The van der Waals surface area contributed by atoms with Crippen LogP contribution in [0.4, 0.5) is 11.4 Å². The standard InChI is InChI=1S/C15H11N3O3/c1-10-2-7-13(18(20)21)8-14(10)15(19)17-12-5-3-11(9-16)4-6-12/h2-8H,1H3,(H,17,19). The Morgan fingerprint density at radius 3 is 2.48 bits per heavy atom. The van der Waals surface area contributed by atoms with Crippen molar-refractivity contribution in [3.63, 3.8) is 0 Å². The van der Waals surface area contributed by atoms with Crippen molar-refractivity contribution >= 4 is 17.3 Å². The number of non-ortho nitro benzene ring substituents is 1. The average molecular weight is 281 g/mol. The summed E-state index contributed by atoms with van der Waals surface area (Å²) >= 11 is 0. The molecule has 0 spiro atoms. The number of nitrogens with one attached hydrogen (secondary N) is 1. The van der Waals surface area contributed by atoms with E-state index < -0.39 is 10.8 Å². The van der Waals surface area contributed by atoms with Gasteiger partial charge in [-0.05, 0) is 36.8 Å². The van der Waals surface area contributed by atoms with Crippen LogP contribution >= 0.6 is 0 Å². The number of amides is 1. The van der Waals surface area contributed by atoms with Crippen LogP contribution in [0.5, 0.6) is 0 Å². The summed E-state index contributed by atoms with van der Waals surface area (Å²) in [5, 5.41) is 22.1. The fraction of sp³-hybridized carbons (Fsp3) is 0.0667. The van der Waals surface area contributed by atoms with Crippen molar-refractivity contribution in [2.75, 3.05) is 5.32 Å². The van der Waals surface area contributed by atoms with Gasteiger partial charge in [-0.15, -0.1) is 0 Å². The van der Waals surface area contributed by atoms with Crippen LogP contribution < -0.4 is 5.32 Å². The topological polar surface area (TPSA) is 96.0 Å². The van der Waals surface area contributed by atoms with E-state index in [0.29, 0.717) is 16.8 Å². The lowest BCUT2D eigenvalue weighted by Gasteiger charge is -2.07.